The predicted molar refractivity (Wildman–Crippen MR) is 101 cm³/mol. The first kappa shape index (κ1) is 19.7. The van der Waals surface area contributed by atoms with E-state index in [1.807, 2.05) is 31.2 Å². The Balaban J connectivity index is 2.00. The van der Waals surface area contributed by atoms with Crippen LogP contribution in [0.4, 0.5) is 0 Å². The smallest absolute Gasteiger partial charge is 0.331 e. The molecule has 0 aromatic heterocycles. The van der Waals surface area contributed by atoms with Crippen molar-refractivity contribution < 1.29 is 23.7 Å². The summed E-state index contributed by atoms with van der Waals surface area (Å²) in [4.78, 5) is 11.9. The fourth-order valence-electron chi connectivity index (χ4n) is 2.23. The van der Waals surface area contributed by atoms with Crippen molar-refractivity contribution >= 4 is 23.6 Å². The Labute approximate surface area is 158 Å². The highest BCUT2D eigenvalue weighted by atomic mass is 35.5. The van der Waals surface area contributed by atoms with E-state index in [1.165, 1.54) is 13.2 Å². The number of ether oxygens (including phenoxy) is 4. The standard InChI is InChI=1S/C20H21ClO5/c1-4-25-18-12-15(11-17(21)20(18)24-3)7-10-19(22)26-13-14-5-8-16(23-2)9-6-14/h5-12H,4,13H2,1-3H3/b10-7+. The summed E-state index contributed by atoms with van der Waals surface area (Å²) in [5, 5.41) is 0.407. The summed E-state index contributed by atoms with van der Waals surface area (Å²) in [7, 11) is 3.12. The Morgan fingerprint density at radius 2 is 1.85 bits per heavy atom. The van der Waals surface area contributed by atoms with E-state index in [2.05, 4.69) is 0 Å². The number of halogens is 1. The van der Waals surface area contributed by atoms with Crippen LogP contribution in [0.25, 0.3) is 6.08 Å². The third-order valence-corrected chi connectivity index (χ3v) is 3.77. The second-order valence-electron chi connectivity index (χ2n) is 5.26. The highest BCUT2D eigenvalue weighted by Crippen LogP contribution is 2.36. The Kier molecular flexibility index (Phi) is 7.36. The van der Waals surface area contributed by atoms with Crippen molar-refractivity contribution in [2.45, 2.75) is 13.5 Å². The molecule has 0 amide bonds. The minimum absolute atomic E-state index is 0.181. The second kappa shape index (κ2) is 9.73. The Morgan fingerprint density at radius 1 is 1.12 bits per heavy atom. The molecule has 0 saturated heterocycles. The van der Waals surface area contributed by atoms with Crippen LogP contribution in [-0.4, -0.2) is 26.8 Å². The van der Waals surface area contributed by atoms with Crippen LogP contribution in [0.3, 0.4) is 0 Å². The van der Waals surface area contributed by atoms with Gasteiger partial charge in [-0.05, 0) is 48.4 Å². The van der Waals surface area contributed by atoms with Crippen LogP contribution in [0, 0.1) is 0 Å². The number of methoxy groups -OCH3 is 2. The molecule has 0 aliphatic rings. The largest absolute Gasteiger partial charge is 0.497 e. The van der Waals surface area contributed by atoms with Gasteiger partial charge in [0.1, 0.15) is 12.4 Å². The first-order valence-corrected chi connectivity index (χ1v) is 8.43. The number of carbonyl (C=O) groups excluding carboxylic acids is 1. The van der Waals surface area contributed by atoms with E-state index in [0.29, 0.717) is 28.7 Å². The lowest BCUT2D eigenvalue weighted by molar-refractivity contribution is -0.138. The molecule has 0 heterocycles. The van der Waals surface area contributed by atoms with Gasteiger partial charge in [0.05, 0.1) is 25.8 Å². The molecular formula is C20H21ClO5. The first-order chi connectivity index (χ1) is 12.6. The summed E-state index contributed by atoms with van der Waals surface area (Å²) in [5.74, 6) is 1.29. The molecule has 26 heavy (non-hydrogen) atoms. The molecule has 138 valence electrons. The summed E-state index contributed by atoms with van der Waals surface area (Å²) >= 11 is 6.19. The zero-order valence-corrected chi connectivity index (χ0v) is 15.7. The number of esters is 1. The van der Waals surface area contributed by atoms with Gasteiger partial charge in [0.15, 0.2) is 11.5 Å². The van der Waals surface area contributed by atoms with Crippen molar-refractivity contribution in [3.63, 3.8) is 0 Å². The molecule has 0 fully saturated rings. The average molecular weight is 377 g/mol. The summed E-state index contributed by atoms with van der Waals surface area (Å²) < 4.78 is 21.0. The Hall–Kier alpha value is -2.66. The molecule has 0 bridgehead atoms. The quantitative estimate of drug-likeness (QED) is 0.501. The molecule has 0 N–H and O–H groups in total. The predicted octanol–water partition coefficient (Wildman–Crippen LogP) is 4.51. The molecule has 0 aliphatic carbocycles. The molecular weight excluding hydrogens is 356 g/mol. The molecule has 2 rings (SSSR count). The Bertz CT molecular complexity index is 769. The maximum atomic E-state index is 11.9. The lowest BCUT2D eigenvalue weighted by Gasteiger charge is -2.11. The summed E-state index contributed by atoms with van der Waals surface area (Å²) in [5.41, 5.74) is 1.58. The van der Waals surface area contributed by atoms with Crippen LogP contribution in [-0.2, 0) is 16.1 Å². The van der Waals surface area contributed by atoms with E-state index in [0.717, 1.165) is 11.3 Å². The zero-order chi connectivity index (χ0) is 18.9. The van der Waals surface area contributed by atoms with Gasteiger partial charge >= 0.3 is 5.97 Å². The lowest BCUT2D eigenvalue weighted by atomic mass is 10.2. The molecule has 0 radical (unpaired) electrons. The van der Waals surface area contributed by atoms with Crippen molar-refractivity contribution in [1.82, 2.24) is 0 Å². The molecule has 6 heteroatoms. The zero-order valence-electron chi connectivity index (χ0n) is 15.0. The summed E-state index contributed by atoms with van der Waals surface area (Å²) in [6.07, 6.45) is 2.96. The monoisotopic (exact) mass is 376 g/mol. The summed E-state index contributed by atoms with van der Waals surface area (Å²) in [6, 6.07) is 10.7. The number of hydrogen-bond acceptors (Lipinski definition) is 5. The van der Waals surface area contributed by atoms with Crippen molar-refractivity contribution in [3.05, 3.63) is 58.6 Å². The number of carbonyl (C=O) groups is 1. The van der Waals surface area contributed by atoms with Gasteiger partial charge in [0.25, 0.3) is 0 Å². The van der Waals surface area contributed by atoms with Crippen LogP contribution < -0.4 is 14.2 Å². The fourth-order valence-corrected chi connectivity index (χ4v) is 2.53. The van der Waals surface area contributed by atoms with Gasteiger partial charge in [-0.2, -0.15) is 0 Å². The van der Waals surface area contributed by atoms with Crippen LogP contribution in [0.5, 0.6) is 17.2 Å². The molecule has 5 nitrogen and oxygen atoms in total. The van der Waals surface area contributed by atoms with Crippen molar-refractivity contribution in [2.75, 3.05) is 20.8 Å². The maximum Gasteiger partial charge on any atom is 0.331 e. The van der Waals surface area contributed by atoms with E-state index in [-0.39, 0.29) is 6.61 Å². The number of rotatable bonds is 8. The van der Waals surface area contributed by atoms with Crippen molar-refractivity contribution in [2.24, 2.45) is 0 Å². The molecule has 0 atom stereocenters. The highest BCUT2D eigenvalue weighted by Gasteiger charge is 2.10. The van der Waals surface area contributed by atoms with E-state index in [9.17, 15) is 4.79 Å². The molecule has 0 spiro atoms. The first-order valence-electron chi connectivity index (χ1n) is 8.05. The van der Waals surface area contributed by atoms with E-state index < -0.39 is 5.97 Å². The Morgan fingerprint density at radius 3 is 2.46 bits per heavy atom. The number of hydrogen-bond donors (Lipinski definition) is 0. The minimum Gasteiger partial charge on any atom is -0.497 e. The van der Waals surface area contributed by atoms with Gasteiger partial charge in [0.2, 0.25) is 0 Å². The van der Waals surface area contributed by atoms with Crippen molar-refractivity contribution in [1.29, 1.82) is 0 Å². The molecule has 2 aromatic carbocycles. The van der Waals surface area contributed by atoms with Crippen LogP contribution in [0.15, 0.2) is 42.5 Å². The van der Waals surface area contributed by atoms with Gasteiger partial charge in [-0.1, -0.05) is 23.7 Å². The van der Waals surface area contributed by atoms with Gasteiger partial charge in [-0.15, -0.1) is 0 Å². The van der Waals surface area contributed by atoms with E-state index in [1.54, 1.807) is 25.3 Å². The highest BCUT2D eigenvalue weighted by molar-refractivity contribution is 6.32. The van der Waals surface area contributed by atoms with Crippen LogP contribution in [0.1, 0.15) is 18.1 Å². The average Bonchev–Trinajstić information content (AvgIpc) is 2.65. The van der Waals surface area contributed by atoms with E-state index >= 15 is 0 Å². The van der Waals surface area contributed by atoms with Gasteiger partial charge in [-0.3, -0.25) is 0 Å². The number of benzene rings is 2. The van der Waals surface area contributed by atoms with Gasteiger partial charge < -0.3 is 18.9 Å². The topological polar surface area (TPSA) is 54.0 Å². The maximum absolute atomic E-state index is 11.9. The van der Waals surface area contributed by atoms with Crippen LogP contribution >= 0.6 is 11.6 Å². The normalized spacial score (nSPS) is 10.6. The molecule has 2 aromatic rings. The SMILES string of the molecule is CCOc1cc(/C=C/C(=O)OCc2ccc(OC)cc2)cc(Cl)c1OC. The summed E-state index contributed by atoms with van der Waals surface area (Å²) in [6.45, 7) is 2.52. The third kappa shape index (κ3) is 5.43. The third-order valence-electron chi connectivity index (χ3n) is 3.49. The fraction of sp³-hybridized carbons (Fsp3) is 0.250. The molecule has 0 saturated carbocycles. The van der Waals surface area contributed by atoms with Crippen LogP contribution in [0.2, 0.25) is 5.02 Å². The van der Waals surface area contributed by atoms with Gasteiger partial charge in [0, 0.05) is 6.08 Å². The van der Waals surface area contributed by atoms with Crippen molar-refractivity contribution in [3.8, 4) is 17.2 Å². The van der Waals surface area contributed by atoms with E-state index in [4.69, 9.17) is 30.5 Å². The molecule has 0 aliphatic heterocycles. The second-order valence-corrected chi connectivity index (χ2v) is 5.66. The van der Waals surface area contributed by atoms with Gasteiger partial charge in [-0.25, -0.2) is 4.79 Å². The lowest BCUT2D eigenvalue weighted by Crippen LogP contribution is -2.01. The molecule has 0 unspecified atom stereocenters. The minimum atomic E-state index is -0.453.